The Morgan fingerprint density at radius 3 is 1.52 bits per heavy atom. The number of likely N-dealkylation sites (N-methyl/N-ethyl adjacent to an activating group) is 1. The zero-order valence-electron chi connectivity index (χ0n) is 46.4. The van der Waals surface area contributed by atoms with Crippen LogP contribution in [0.4, 0.5) is 0 Å². The molecule has 0 aromatic heterocycles. The second-order valence-corrected chi connectivity index (χ2v) is 21.6. The van der Waals surface area contributed by atoms with E-state index in [0.29, 0.717) is 23.9 Å². The van der Waals surface area contributed by atoms with Crippen molar-refractivity contribution in [2.24, 2.45) is 0 Å². The van der Waals surface area contributed by atoms with Crippen molar-refractivity contribution in [1.82, 2.24) is 5.32 Å². The van der Waals surface area contributed by atoms with Crippen LogP contribution in [0.3, 0.4) is 0 Å². The average Bonchev–Trinajstić information content (AvgIpc) is 3.33. The summed E-state index contributed by atoms with van der Waals surface area (Å²) in [5, 5.41) is 3.02. The van der Waals surface area contributed by atoms with Gasteiger partial charge in [0.15, 0.2) is 0 Å². The molecule has 2 N–H and O–H groups in total. The summed E-state index contributed by atoms with van der Waals surface area (Å²) in [6.07, 6.45) is 66.9. The van der Waals surface area contributed by atoms with E-state index >= 15 is 0 Å². The van der Waals surface area contributed by atoms with Crippen molar-refractivity contribution in [3.8, 4) is 0 Å². The molecule has 0 aliphatic carbocycles. The fourth-order valence-electron chi connectivity index (χ4n) is 7.64. The predicted molar refractivity (Wildman–Crippen MR) is 304 cm³/mol. The smallest absolute Gasteiger partial charge is 0.456 e. The van der Waals surface area contributed by atoms with E-state index in [0.717, 1.165) is 83.5 Å². The summed E-state index contributed by atoms with van der Waals surface area (Å²) in [4.78, 5) is 37.6. The van der Waals surface area contributed by atoms with E-state index in [1.165, 1.54) is 103 Å². The normalized spacial score (nSPS) is 14.5. The van der Waals surface area contributed by atoms with Crippen LogP contribution in [-0.4, -0.2) is 74.3 Å². The second-order valence-electron chi connectivity index (χ2n) is 20.1. The number of carbonyl (C=O) groups is 2. The summed E-state index contributed by atoms with van der Waals surface area (Å²) in [6, 6.07) is -0.881. The Kier molecular flexibility index (Phi) is 48.3. The molecule has 0 aromatic rings. The maximum absolute atomic E-state index is 13.5. The lowest BCUT2D eigenvalue weighted by Crippen LogP contribution is -2.47. The van der Waals surface area contributed by atoms with Gasteiger partial charge in [-0.15, -0.1) is 0 Å². The first-order chi connectivity index (χ1) is 34.4. The Morgan fingerprint density at radius 2 is 0.972 bits per heavy atom. The second kappa shape index (κ2) is 50.5. The molecular formula is C61H108N2O7P+. The van der Waals surface area contributed by atoms with Gasteiger partial charge in [0.05, 0.1) is 33.8 Å². The van der Waals surface area contributed by atoms with Crippen LogP contribution in [0.2, 0.25) is 0 Å². The molecule has 3 unspecified atom stereocenters. The number of nitrogens with one attached hydrogen (secondary N) is 1. The summed E-state index contributed by atoms with van der Waals surface area (Å²) < 4.78 is 30.6. The number of hydrogen-bond donors (Lipinski definition) is 2. The lowest BCUT2D eigenvalue weighted by atomic mass is 10.0. The zero-order valence-corrected chi connectivity index (χ0v) is 47.3. The van der Waals surface area contributed by atoms with Crippen LogP contribution in [0.5, 0.6) is 0 Å². The van der Waals surface area contributed by atoms with Crippen LogP contribution in [0, 0.1) is 0 Å². The molecule has 408 valence electrons. The van der Waals surface area contributed by atoms with E-state index in [1.807, 2.05) is 33.3 Å². The van der Waals surface area contributed by atoms with Gasteiger partial charge in [-0.25, -0.2) is 4.57 Å². The third-order valence-corrected chi connectivity index (χ3v) is 13.1. The van der Waals surface area contributed by atoms with Crippen LogP contribution in [0.1, 0.15) is 226 Å². The Bertz CT molecular complexity index is 1540. The molecule has 0 saturated carbocycles. The van der Waals surface area contributed by atoms with Crippen molar-refractivity contribution in [2.75, 3.05) is 40.9 Å². The standard InChI is InChI=1S/C61H107N2O7P/c1-7-10-13-16-19-22-25-28-30-31-33-36-39-42-45-48-51-54-61(65)70-59(52-49-46-43-40-37-34-27-24-21-18-15-12-9-3)58(57-69-71(66,67)68-56-55-63(4,5)6)62-60(64)53-50-47-44-41-38-35-32-29-26-23-20-17-14-11-8-2/h11,14,17,19-20,22-23,26,28,30,33,36,42,45,49,52,58-59H,7-10,12-13,15-16,18,21,24-25,27,29,31-32,34-35,37-41,43-44,46-48,50-51,53-57H2,1-6H3,(H-,62,64,66,67)/p+1/b14-11+,20-17+,22-19-,26-23+,30-28-,36-33-,45-42-,52-49+. The number of quaternary nitrogens is 1. The molecule has 0 bridgehead atoms. The number of allylic oxidation sites excluding steroid dienone is 15. The largest absolute Gasteiger partial charge is 0.472 e. The molecular weight excluding hydrogens is 904 g/mol. The molecule has 71 heavy (non-hydrogen) atoms. The molecule has 10 heteroatoms. The number of ether oxygens (including phenoxy) is 1. The molecule has 0 heterocycles. The highest BCUT2D eigenvalue weighted by atomic mass is 31.2. The SMILES string of the molecule is CC/C=C/C=C/C=C/CCCCCCCCCC(=O)NC(COP(=O)(O)OCC[N+](C)(C)C)C(/C=C/CCCCCCCCCCCCC)OC(=O)CCC/C=C\C/C=C\C/C=C\C/C=C\CCCCC. The van der Waals surface area contributed by atoms with Crippen molar-refractivity contribution in [3.63, 3.8) is 0 Å². The minimum Gasteiger partial charge on any atom is -0.456 e. The molecule has 0 radical (unpaired) electrons. The predicted octanol–water partition coefficient (Wildman–Crippen LogP) is 17.2. The first kappa shape index (κ1) is 67.9. The molecule has 0 aromatic carbocycles. The quantitative estimate of drug-likeness (QED) is 0.0156. The minimum absolute atomic E-state index is 0.0247. The number of phosphoric ester groups is 1. The maximum atomic E-state index is 13.5. The van der Waals surface area contributed by atoms with Gasteiger partial charge in [0, 0.05) is 12.8 Å². The monoisotopic (exact) mass is 1010 g/mol. The van der Waals surface area contributed by atoms with Gasteiger partial charge in [0.1, 0.15) is 19.3 Å². The topological polar surface area (TPSA) is 111 Å². The van der Waals surface area contributed by atoms with E-state index in [4.69, 9.17) is 13.8 Å². The Balaban J connectivity index is 5.50. The Morgan fingerprint density at radius 1 is 0.521 bits per heavy atom. The number of carbonyl (C=O) groups excluding carboxylic acids is 2. The fraction of sp³-hybridized carbons (Fsp3) is 0.705. The first-order valence-corrected chi connectivity index (χ1v) is 30.1. The van der Waals surface area contributed by atoms with Gasteiger partial charge in [-0.1, -0.05) is 221 Å². The summed E-state index contributed by atoms with van der Waals surface area (Å²) >= 11 is 0. The number of esters is 1. The van der Waals surface area contributed by atoms with E-state index in [-0.39, 0.29) is 31.5 Å². The number of unbranched alkanes of at least 4 members (excludes halogenated alkanes) is 22. The first-order valence-electron chi connectivity index (χ1n) is 28.6. The summed E-state index contributed by atoms with van der Waals surface area (Å²) in [5.41, 5.74) is 0. The molecule has 1 amide bonds. The lowest BCUT2D eigenvalue weighted by Gasteiger charge is -2.27. The highest BCUT2D eigenvalue weighted by molar-refractivity contribution is 7.47. The Hall–Kier alpha value is -3.07. The van der Waals surface area contributed by atoms with E-state index < -0.39 is 20.0 Å². The molecule has 0 rings (SSSR count). The summed E-state index contributed by atoms with van der Waals surface area (Å²) in [5.74, 6) is -0.591. The van der Waals surface area contributed by atoms with Crippen molar-refractivity contribution in [1.29, 1.82) is 0 Å². The van der Waals surface area contributed by atoms with Gasteiger partial charge in [-0.2, -0.15) is 0 Å². The number of nitrogens with zero attached hydrogens (tertiary/aromatic N) is 1. The average molecular weight is 1010 g/mol. The molecule has 3 atom stereocenters. The molecule has 0 spiro atoms. The summed E-state index contributed by atoms with van der Waals surface area (Å²) in [7, 11) is 1.44. The Labute approximate surface area is 437 Å². The molecule has 0 aliphatic heterocycles. The number of amides is 1. The van der Waals surface area contributed by atoms with Gasteiger partial charge in [0.25, 0.3) is 0 Å². The van der Waals surface area contributed by atoms with Crippen molar-refractivity contribution in [2.45, 2.75) is 238 Å². The van der Waals surface area contributed by atoms with E-state index in [2.05, 4.69) is 111 Å². The van der Waals surface area contributed by atoms with E-state index in [1.54, 1.807) is 0 Å². The number of hydrogen-bond acceptors (Lipinski definition) is 6. The van der Waals surface area contributed by atoms with Crippen molar-refractivity contribution < 1.29 is 37.3 Å². The highest BCUT2D eigenvalue weighted by Gasteiger charge is 2.30. The van der Waals surface area contributed by atoms with E-state index in [9.17, 15) is 19.0 Å². The zero-order chi connectivity index (χ0) is 52.2. The summed E-state index contributed by atoms with van der Waals surface area (Å²) in [6.45, 7) is 6.79. The van der Waals surface area contributed by atoms with Crippen LogP contribution >= 0.6 is 7.82 Å². The minimum atomic E-state index is -4.46. The van der Waals surface area contributed by atoms with Crippen molar-refractivity contribution >= 4 is 19.7 Å². The molecule has 0 saturated heterocycles. The van der Waals surface area contributed by atoms with Crippen molar-refractivity contribution in [3.05, 3.63) is 97.2 Å². The van der Waals surface area contributed by atoms with Gasteiger partial charge >= 0.3 is 13.8 Å². The number of phosphoric acid groups is 1. The van der Waals surface area contributed by atoms with Crippen LogP contribution in [0.15, 0.2) is 97.2 Å². The van der Waals surface area contributed by atoms with Crippen LogP contribution in [-0.2, 0) is 27.9 Å². The highest BCUT2D eigenvalue weighted by Crippen LogP contribution is 2.43. The molecule has 9 nitrogen and oxygen atoms in total. The van der Waals surface area contributed by atoms with Gasteiger partial charge in [0.2, 0.25) is 5.91 Å². The van der Waals surface area contributed by atoms with Gasteiger partial charge in [-0.05, 0) is 89.5 Å². The third kappa shape index (κ3) is 51.6. The molecule has 0 fully saturated rings. The van der Waals surface area contributed by atoms with Crippen LogP contribution in [0.25, 0.3) is 0 Å². The maximum Gasteiger partial charge on any atom is 0.472 e. The third-order valence-electron chi connectivity index (χ3n) is 12.1. The van der Waals surface area contributed by atoms with Gasteiger partial charge < -0.3 is 19.4 Å². The van der Waals surface area contributed by atoms with Crippen LogP contribution < -0.4 is 5.32 Å². The fourth-order valence-corrected chi connectivity index (χ4v) is 8.37. The lowest BCUT2D eigenvalue weighted by molar-refractivity contribution is -0.870. The number of rotatable bonds is 50. The van der Waals surface area contributed by atoms with Gasteiger partial charge in [-0.3, -0.25) is 18.6 Å². The molecule has 0 aliphatic rings.